The lowest BCUT2D eigenvalue weighted by Gasteiger charge is -2.23. The number of hydrogen-bond donors (Lipinski definition) is 1. The Bertz CT molecular complexity index is 603. The fraction of sp³-hybridized carbons (Fsp3) is 0.417. The predicted molar refractivity (Wildman–Crippen MR) is 81.9 cm³/mol. The van der Waals surface area contributed by atoms with Crippen molar-refractivity contribution in [3.05, 3.63) is 28.2 Å². The number of anilines is 1. The fourth-order valence-corrected chi connectivity index (χ4v) is 2.99. The molecule has 0 radical (unpaired) electrons. The van der Waals surface area contributed by atoms with Crippen molar-refractivity contribution in [2.24, 2.45) is 0 Å². The van der Waals surface area contributed by atoms with Crippen LogP contribution in [0.1, 0.15) is 13.8 Å². The van der Waals surface area contributed by atoms with Gasteiger partial charge in [0.1, 0.15) is 6.54 Å². The second-order valence-electron chi connectivity index (χ2n) is 4.59. The normalized spacial score (nSPS) is 11.5. The molecule has 8 heteroatoms. The zero-order chi connectivity index (χ0) is 15.5. The quantitative estimate of drug-likeness (QED) is 0.895. The molecule has 20 heavy (non-hydrogen) atoms. The highest BCUT2D eigenvalue weighted by atomic mass is 35.5. The fourth-order valence-electron chi connectivity index (χ4n) is 1.56. The maximum atomic E-state index is 11.8. The lowest BCUT2D eigenvalue weighted by molar-refractivity contribution is -0.120. The van der Waals surface area contributed by atoms with E-state index in [0.29, 0.717) is 5.02 Å². The first-order valence-electron chi connectivity index (χ1n) is 5.83. The van der Waals surface area contributed by atoms with Gasteiger partial charge in [0.2, 0.25) is 15.9 Å². The van der Waals surface area contributed by atoms with Crippen molar-refractivity contribution in [2.75, 3.05) is 17.1 Å². The molecular weight excluding hydrogens is 323 g/mol. The summed E-state index contributed by atoms with van der Waals surface area (Å²) in [6.45, 7) is 3.24. The van der Waals surface area contributed by atoms with Crippen LogP contribution in [0, 0.1) is 0 Å². The number of carbonyl (C=O) groups is 1. The topological polar surface area (TPSA) is 66.5 Å². The van der Waals surface area contributed by atoms with E-state index < -0.39 is 15.9 Å². The molecule has 1 aromatic rings. The largest absolute Gasteiger partial charge is 0.352 e. The molecule has 0 aliphatic rings. The summed E-state index contributed by atoms with van der Waals surface area (Å²) < 4.78 is 24.6. The molecule has 0 unspecified atom stereocenters. The van der Waals surface area contributed by atoms with Crippen LogP contribution in [0.25, 0.3) is 0 Å². The lowest BCUT2D eigenvalue weighted by atomic mass is 10.3. The Labute approximate surface area is 128 Å². The molecule has 112 valence electrons. The van der Waals surface area contributed by atoms with Crippen molar-refractivity contribution in [1.29, 1.82) is 0 Å². The van der Waals surface area contributed by atoms with Gasteiger partial charge in [0.25, 0.3) is 0 Å². The smallest absolute Gasteiger partial charge is 0.240 e. The van der Waals surface area contributed by atoms with Gasteiger partial charge in [0, 0.05) is 11.1 Å². The predicted octanol–water partition coefficient (Wildman–Crippen LogP) is 2.28. The number of amides is 1. The molecule has 0 heterocycles. The van der Waals surface area contributed by atoms with Gasteiger partial charge in [-0.25, -0.2) is 8.42 Å². The van der Waals surface area contributed by atoms with Gasteiger partial charge in [-0.1, -0.05) is 23.2 Å². The second-order valence-corrected chi connectivity index (χ2v) is 7.34. The van der Waals surface area contributed by atoms with E-state index in [9.17, 15) is 13.2 Å². The van der Waals surface area contributed by atoms with Crippen molar-refractivity contribution in [2.45, 2.75) is 19.9 Å². The molecule has 0 saturated heterocycles. The van der Waals surface area contributed by atoms with E-state index in [1.807, 2.05) is 0 Å². The SMILES string of the molecule is CC(C)NC(=O)CN(c1ccc(Cl)cc1Cl)S(C)(=O)=O. The second kappa shape index (κ2) is 6.65. The van der Waals surface area contributed by atoms with Gasteiger partial charge >= 0.3 is 0 Å². The molecule has 0 spiro atoms. The van der Waals surface area contributed by atoms with Gasteiger partial charge < -0.3 is 5.32 Å². The average molecular weight is 339 g/mol. The summed E-state index contributed by atoms with van der Waals surface area (Å²) in [5, 5.41) is 3.19. The molecule has 1 amide bonds. The van der Waals surface area contributed by atoms with Gasteiger partial charge in [0.05, 0.1) is 17.0 Å². The van der Waals surface area contributed by atoms with E-state index in [-0.39, 0.29) is 23.3 Å². The summed E-state index contributed by atoms with van der Waals surface area (Å²) in [6.07, 6.45) is 1.01. The number of sulfonamides is 1. The van der Waals surface area contributed by atoms with E-state index in [1.54, 1.807) is 13.8 Å². The van der Waals surface area contributed by atoms with Crippen LogP contribution in [0.15, 0.2) is 18.2 Å². The van der Waals surface area contributed by atoms with Crippen LogP contribution in [0.5, 0.6) is 0 Å². The first-order valence-corrected chi connectivity index (χ1v) is 8.44. The molecule has 0 fully saturated rings. The molecular formula is C12H16Cl2N2O3S. The summed E-state index contributed by atoms with van der Waals surface area (Å²) >= 11 is 11.8. The van der Waals surface area contributed by atoms with Gasteiger partial charge in [-0.05, 0) is 32.0 Å². The van der Waals surface area contributed by atoms with Crippen molar-refractivity contribution in [3.8, 4) is 0 Å². The number of nitrogens with one attached hydrogen (secondary N) is 1. The van der Waals surface area contributed by atoms with Crippen LogP contribution < -0.4 is 9.62 Å². The summed E-state index contributed by atoms with van der Waals surface area (Å²) in [5.41, 5.74) is 0.220. The highest BCUT2D eigenvalue weighted by molar-refractivity contribution is 7.92. The minimum Gasteiger partial charge on any atom is -0.352 e. The van der Waals surface area contributed by atoms with Crippen molar-refractivity contribution < 1.29 is 13.2 Å². The Morgan fingerprint density at radius 3 is 2.40 bits per heavy atom. The Kier molecular flexibility index (Phi) is 5.68. The molecule has 0 bridgehead atoms. The van der Waals surface area contributed by atoms with Gasteiger partial charge in [-0.3, -0.25) is 9.10 Å². The number of benzene rings is 1. The van der Waals surface area contributed by atoms with Crippen LogP contribution in [-0.2, 0) is 14.8 Å². The minimum absolute atomic E-state index is 0.0791. The molecule has 1 rings (SSSR count). The van der Waals surface area contributed by atoms with Crippen molar-refractivity contribution in [3.63, 3.8) is 0 Å². The van der Waals surface area contributed by atoms with Crippen LogP contribution in [-0.4, -0.2) is 33.2 Å². The van der Waals surface area contributed by atoms with E-state index in [1.165, 1.54) is 18.2 Å². The summed E-state index contributed by atoms with van der Waals surface area (Å²) in [6, 6.07) is 4.33. The highest BCUT2D eigenvalue weighted by Crippen LogP contribution is 2.30. The zero-order valence-electron chi connectivity index (χ0n) is 11.4. The highest BCUT2D eigenvalue weighted by Gasteiger charge is 2.23. The standard InChI is InChI=1S/C12H16Cl2N2O3S/c1-8(2)15-12(17)7-16(20(3,18)19)11-5-4-9(13)6-10(11)14/h4-6,8H,7H2,1-3H3,(H,15,17). The monoisotopic (exact) mass is 338 g/mol. The van der Waals surface area contributed by atoms with Crippen LogP contribution in [0.2, 0.25) is 10.0 Å². The number of hydrogen-bond acceptors (Lipinski definition) is 3. The Hall–Kier alpha value is -0.980. The van der Waals surface area contributed by atoms with E-state index in [0.717, 1.165) is 10.6 Å². The zero-order valence-corrected chi connectivity index (χ0v) is 13.7. The molecule has 1 N–H and O–H groups in total. The van der Waals surface area contributed by atoms with Crippen LogP contribution in [0.3, 0.4) is 0 Å². The van der Waals surface area contributed by atoms with Crippen LogP contribution >= 0.6 is 23.2 Å². The summed E-state index contributed by atoms with van der Waals surface area (Å²) in [4.78, 5) is 11.8. The van der Waals surface area contributed by atoms with Crippen molar-refractivity contribution in [1.82, 2.24) is 5.32 Å². The lowest BCUT2D eigenvalue weighted by Crippen LogP contribution is -2.42. The molecule has 0 aliphatic heterocycles. The third-order valence-electron chi connectivity index (χ3n) is 2.32. The maximum Gasteiger partial charge on any atom is 0.240 e. The van der Waals surface area contributed by atoms with Gasteiger partial charge in [-0.15, -0.1) is 0 Å². The van der Waals surface area contributed by atoms with Crippen LogP contribution in [0.4, 0.5) is 5.69 Å². The van der Waals surface area contributed by atoms with E-state index in [4.69, 9.17) is 23.2 Å². The number of halogens is 2. The number of carbonyl (C=O) groups excluding carboxylic acids is 1. The summed E-state index contributed by atoms with van der Waals surface area (Å²) in [7, 11) is -3.64. The molecule has 1 aromatic carbocycles. The molecule has 5 nitrogen and oxygen atoms in total. The first-order chi connectivity index (χ1) is 9.11. The Balaban J connectivity index is 3.11. The third-order valence-corrected chi connectivity index (χ3v) is 3.98. The minimum atomic E-state index is -3.64. The number of nitrogens with zero attached hydrogens (tertiary/aromatic N) is 1. The Morgan fingerprint density at radius 1 is 1.35 bits per heavy atom. The van der Waals surface area contributed by atoms with E-state index >= 15 is 0 Å². The number of rotatable bonds is 5. The summed E-state index contributed by atoms with van der Waals surface area (Å²) in [5.74, 6) is -0.406. The third kappa shape index (κ3) is 4.85. The van der Waals surface area contributed by atoms with Gasteiger partial charge in [0.15, 0.2) is 0 Å². The molecule has 0 aromatic heterocycles. The molecule has 0 saturated carbocycles. The van der Waals surface area contributed by atoms with E-state index in [2.05, 4.69) is 5.32 Å². The van der Waals surface area contributed by atoms with Gasteiger partial charge in [-0.2, -0.15) is 0 Å². The van der Waals surface area contributed by atoms with Crippen molar-refractivity contribution >= 4 is 44.8 Å². The maximum absolute atomic E-state index is 11.8. The molecule has 0 atom stereocenters. The first kappa shape index (κ1) is 17.1. The molecule has 0 aliphatic carbocycles. The Morgan fingerprint density at radius 2 is 1.95 bits per heavy atom. The average Bonchev–Trinajstić information content (AvgIpc) is 2.24.